The molecule has 0 aliphatic rings. The Labute approximate surface area is 114 Å². The van der Waals surface area contributed by atoms with Crippen LogP contribution in [-0.2, 0) is 6.18 Å². The highest BCUT2D eigenvalue weighted by atomic mass is 19.4. The van der Waals surface area contributed by atoms with Gasteiger partial charge in [-0.05, 0) is 38.7 Å². The van der Waals surface area contributed by atoms with E-state index in [4.69, 9.17) is 9.84 Å². The first-order valence-corrected chi connectivity index (χ1v) is 5.94. The van der Waals surface area contributed by atoms with Crippen LogP contribution in [0.25, 0.3) is 0 Å². The van der Waals surface area contributed by atoms with E-state index in [1.54, 1.807) is 0 Å². The number of halogens is 3. The van der Waals surface area contributed by atoms with E-state index in [1.807, 2.05) is 19.0 Å². The van der Waals surface area contributed by atoms with E-state index in [9.17, 15) is 18.0 Å². The van der Waals surface area contributed by atoms with Gasteiger partial charge in [0.2, 0.25) is 0 Å². The van der Waals surface area contributed by atoms with Crippen LogP contribution in [0.3, 0.4) is 0 Å². The molecule has 0 aliphatic heterocycles. The molecule has 20 heavy (non-hydrogen) atoms. The van der Waals surface area contributed by atoms with Crippen LogP contribution in [0.1, 0.15) is 22.3 Å². The third-order valence-corrected chi connectivity index (χ3v) is 2.55. The predicted octanol–water partition coefficient (Wildman–Crippen LogP) is 2.73. The van der Waals surface area contributed by atoms with Crippen LogP contribution in [0.2, 0.25) is 0 Å². The minimum Gasteiger partial charge on any atom is -0.494 e. The molecule has 0 aliphatic carbocycles. The molecule has 0 aromatic heterocycles. The third kappa shape index (κ3) is 4.73. The zero-order valence-corrected chi connectivity index (χ0v) is 11.2. The summed E-state index contributed by atoms with van der Waals surface area (Å²) >= 11 is 0. The SMILES string of the molecule is CN(C)CCCOc1ccc(C(=O)O)c(C(F)(F)F)c1. The van der Waals surface area contributed by atoms with Gasteiger partial charge < -0.3 is 14.7 Å². The lowest BCUT2D eigenvalue weighted by Crippen LogP contribution is -2.16. The maximum absolute atomic E-state index is 12.8. The maximum Gasteiger partial charge on any atom is 0.417 e. The van der Waals surface area contributed by atoms with Gasteiger partial charge in [-0.15, -0.1) is 0 Å². The Bertz CT molecular complexity index is 472. The van der Waals surface area contributed by atoms with Gasteiger partial charge in [-0.3, -0.25) is 0 Å². The lowest BCUT2D eigenvalue weighted by Gasteiger charge is -2.14. The molecule has 0 spiro atoms. The molecule has 7 heteroatoms. The lowest BCUT2D eigenvalue weighted by atomic mass is 10.1. The Balaban J connectivity index is 2.83. The Hall–Kier alpha value is -1.76. The first-order chi connectivity index (χ1) is 9.21. The van der Waals surface area contributed by atoms with Crippen LogP contribution < -0.4 is 4.74 Å². The average Bonchev–Trinajstić information content (AvgIpc) is 2.33. The van der Waals surface area contributed by atoms with Crippen LogP contribution in [0, 0.1) is 0 Å². The van der Waals surface area contributed by atoms with Gasteiger partial charge in [-0.1, -0.05) is 0 Å². The molecule has 1 N–H and O–H groups in total. The molecular formula is C13H16F3NO3. The summed E-state index contributed by atoms with van der Waals surface area (Å²) in [6.07, 6.45) is -4.06. The van der Waals surface area contributed by atoms with Gasteiger partial charge in [0.25, 0.3) is 0 Å². The number of carbonyl (C=O) groups is 1. The highest BCUT2D eigenvalue weighted by molar-refractivity contribution is 5.89. The van der Waals surface area contributed by atoms with Gasteiger partial charge in [0, 0.05) is 6.54 Å². The summed E-state index contributed by atoms with van der Waals surface area (Å²) in [6, 6.07) is 2.86. The predicted molar refractivity (Wildman–Crippen MR) is 67.1 cm³/mol. The lowest BCUT2D eigenvalue weighted by molar-refractivity contribution is -0.138. The minimum absolute atomic E-state index is 0.0149. The van der Waals surface area contributed by atoms with Crippen molar-refractivity contribution in [2.24, 2.45) is 0 Å². The van der Waals surface area contributed by atoms with E-state index in [-0.39, 0.29) is 12.4 Å². The summed E-state index contributed by atoms with van der Waals surface area (Å²) in [5.74, 6) is -1.60. The summed E-state index contributed by atoms with van der Waals surface area (Å²) in [5.41, 5.74) is -1.98. The van der Waals surface area contributed by atoms with Gasteiger partial charge in [0.15, 0.2) is 0 Å². The minimum atomic E-state index is -4.73. The standard InChI is InChI=1S/C13H16F3NO3/c1-17(2)6-3-7-20-9-4-5-10(12(18)19)11(8-9)13(14,15)16/h4-5,8H,3,6-7H2,1-2H3,(H,18,19). The van der Waals surface area contributed by atoms with Gasteiger partial charge in [-0.25, -0.2) is 4.79 Å². The molecule has 0 heterocycles. The second-order valence-electron chi connectivity index (χ2n) is 4.52. The van der Waals surface area contributed by atoms with Crippen LogP contribution in [-0.4, -0.2) is 43.2 Å². The summed E-state index contributed by atoms with van der Waals surface area (Å²) in [7, 11) is 3.76. The second kappa shape index (κ2) is 6.60. The van der Waals surface area contributed by atoms with E-state index in [0.717, 1.165) is 18.7 Å². The molecule has 4 nitrogen and oxygen atoms in total. The number of alkyl halides is 3. The van der Waals surface area contributed by atoms with Crippen molar-refractivity contribution in [3.63, 3.8) is 0 Å². The smallest absolute Gasteiger partial charge is 0.417 e. The van der Waals surface area contributed by atoms with Crippen molar-refractivity contribution in [1.82, 2.24) is 4.90 Å². The highest BCUT2D eigenvalue weighted by Gasteiger charge is 2.35. The zero-order chi connectivity index (χ0) is 15.3. The van der Waals surface area contributed by atoms with Crippen LogP contribution in [0.15, 0.2) is 18.2 Å². The Morgan fingerprint density at radius 1 is 1.35 bits per heavy atom. The number of carboxylic acid groups (broad SMARTS) is 1. The number of rotatable bonds is 6. The molecular weight excluding hydrogens is 275 g/mol. The van der Waals surface area contributed by atoms with Crippen LogP contribution in [0.5, 0.6) is 5.75 Å². The normalized spacial score (nSPS) is 11.7. The number of nitrogens with zero attached hydrogens (tertiary/aromatic N) is 1. The van der Waals surface area contributed by atoms with Crippen molar-refractivity contribution in [2.45, 2.75) is 12.6 Å². The van der Waals surface area contributed by atoms with E-state index < -0.39 is 23.3 Å². The average molecular weight is 291 g/mol. The van der Waals surface area contributed by atoms with E-state index in [1.165, 1.54) is 6.07 Å². The van der Waals surface area contributed by atoms with Gasteiger partial charge >= 0.3 is 12.1 Å². The molecule has 112 valence electrons. The Kier molecular flexibility index (Phi) is 5.38. The third-order valence-electron chi connectivity index (χ3n) is 2.55. The maximum atomic E-state index is 12.8. The van der Waals surface area contributed by atoms with E-state index in [2.05, 4.69) is 0 Å². The number of hydrogen-bond donors (Lipinski definition) is 1. The molecule has 0 fully saturated rings. The highest BCUT2D eigenvalue weighted by Crippen LogP contribution is 2.34. The molecule has 0 radical (unpaired) electrons. The molecule has 1 aromatic carbocycles. The van der Waals surface area contributed by atoms with Crippen molar-refractivity contribution in [2.75, 3.05) is 27.2 Å². The number of aromatic carboxylic acids is 1. The van der Waals surface area contributed by atoms with Crippen molar-refractivity contribution < 1.29 is 27.8 Å². The summed E-state index contributed by atoms with van der Waals surface area (Å²) < 4.78 is 43.5. The van der Waals surface area contributed by atoms with Crippen molar-refractivity contribution >= 4 is 5.97 Å². The molecule has 0 saturated heterocycles. The van der Waals surface area contributed by atoms with Gasteiger partial charge in [-0.2, -0.15) is 13.2 Å². The summed E-state index contributed by atoms with van der Waals surface area (Å²) in [5, 5.41) is 8.75. The Morgan fingerprint density at radius 3 is 2.50 bits per heavy atom. The first kappa shape index (κ1) is 16.3. The van der Waals surface area contributed by atoms with Crippen LogP contribution >= 0.6 is 0 Å². The monoisotopic (exact) mass is 291 g/mol. The number of carboxylic acids is 1. The van der Waals surface area contributed by atoms with Crippen molar-refractivity contribution in [3.05, 3.63) is 29.3 Å². The van der Waals surface area contributed by atoms with Gasteiger partial charge in [0.05, 0.1) is 17.7 Å². The Morgan fingerprint density at radius 2 is 2.00 bits per heavy atom. The molecule has 0 amide bonds. The molecule has 0 unspecified atom stereocenters. The molecule has 0 atom stereocenters. The number of hydrogen-bond acceptors (Lipinski definition) is 3. The fourth-order valence-electron chi connectivity index (χ4n) is 1.60. The van der Waals surface area contributed by atoms with E-state index >= 15 is 0 Å². The molecule has 0 saturated carbocycles. The second-order valence-corrected chi connectivity index (χ2v) is 4.52. The fourth-order valence-corrected chi connectivity index (χ4v) is 1.60. The number of benzene rings is 1. The van der Waals surface area contributed by atoms with Crippen molar-refractivity contribution in [1.29, 1.82) is 0 Å². The summed E-state index contributed by atoms with van der Waals surface area (Å²) in [4.78, 5) is 12.7. The fraction of sp³-hybridized carbons (Fsp3) is 0.462. The van der Waals surface area contributed by atoms with Crippen molar-refractivity contribution in [3.8, 4) is 5.75 Å². The van der Waals surface area contributed by atoms with Crippen LogP contribution in [0.4, 0.5) is 13.2 Å². The summed E-state index contributed by atoms with van der Waals surface area (Å²) in [6.45, 7) is 1.02. The van der Waals surface area contributed by atoms with E-state index in [0.29, 0.717) is 6.42 Å². The first-order valence-electron chi connectivity index (χ1n) is 5.94. The molecule has 0 bridgehead atoms. The zero-order valence-electron chi connectivity index (χ0n) is 11.2. The van der Waals surface area contributed by atoms with Gasteiger partial charge in [0.1, 0.15) is 5.75 Å². The largest absolute Gasteiger partial charge is 0.494 e. The molecule has 1 rings (SSSR count). The quantitative estimate of drug-likeness (QED) is 0.819. The topological polar surface area (TPSA) is 49.8 Å². The number of ether oxygens (including phenoxy) is 1. The molecule has 1 aromatic rings.